The Morgan fingerprint density at radius 3 is 2.23 bits per heavy atom. The van der Waals surface area contributed by atoms with E-state index in [1.165, 1.54) is 18.2 Å². The second-order valence-corrected chi connectivity index (χ2v) is 9.93. The fraction of sp³-hybridized carbons (Fsp3) is 0.560. The van der Waals surface area contributed by atoms with Crippen LogP contribution in [0.15, 0.2) is 24.0 Å². The predicted molar refractivity (Wildman–Crippen MR) is 113 cm³/mol. The van der Waals surface area contributed by atoms with Gasteiger partial charge in [-0.15, -0.1) is 0 Å². The van der Waals surface area contributed by atoms with Crippen molar-refractivity contribution in [1.29, 1.82) is 0 Å². The van der Waals surface area contributed by atoms with Crippen molar-refractivity contribution in [3.8, 4) is 11.8 Å². The van der Waals surface area contributed by atoms with E-state index in [1.54, 1.807) is 34.6 Å². The van der Waals surface area contributed by atoms with Crippen LogP contribution in [0.25, 0.3) is 0 Å². The molecule has 1 heterocycles. The van der Waals surface area contributed by atoms with Crippen molar-refractivity contribution in [2.24, 2.45) is 5.92 Å². The van der Waals surface area contributed by atoms with Gasteiger partial charge < -0.3 is 14.6 Å². The number of benzene rings is 1. The first-order valence-corrected chi connectivity index (χ1v) is 10.7. The molecular formula is C25H30F2O4. The van der Waals surface area contributed by atoms with Gasteiger partial charge in [0.2, 0.25) is 5.79 Å². The molecule has 1 aromatic rings. The first-order valence-electron chi connectivity index (χ1n) is 10.7. The number of carbonyl (C=O) groups is 1. The van der Waals surface area contributed by atoms with Crippen LogP contribution < -0.4 is 0 Å². The van der Waals surface area contributed by atoms with Gasteiger partial charge in [0.15, 0.2) is 0 Å². The van der Waals surface area contributed by atoms with Crippen molar-refractivity contribution in [2.45, 2.75) is 83.5 Å². The largest absolute Gasteiger partial charge is 0.457 e. The SMILES string of the molecule is CC1(C)OC(=O)C=C(CC(O)(C#Cc2cc(F)c(C(C)(C)C)c(F)c2)C2CCCC2)O1. The van der Waals surface area contributed by atoms with Crippen LogP contribution in [-0.2, 0) is 19.7 Å². The van der Waals surface area contributed by atoms with Gasteiger partial charge >= 0.3 is 5.97 Å². The lowest BCUT2D eigenvalue weighted by Crippen LogP contribution is -2.40. The Morgan fingerprint density at radius 1 is 1.13 bits per heavy atom. The van der Waals surface area contributed by atoms with E-state index in [0.717, 1.165) is 25.7 Å². The van der Waals surface area contributed by atoms with Gasteiger partial charge in [-0.1, -0.05) is 45.5 Å². The molecule has 1 aliphatic carbocycles. The third kappa shape index (κ3) is 5.46. The molecule has 1 saturated carbocycles. The molecule has 0 aromatic heterocycles. The zero-order valence-corrected chi connectivity index (χ0v) is 18.8. The van der Waals surface area contributed by atoms with Crippen molar-refractivity contribution < 1.29 is 28.2 Å². The van der Waals surface area contributed by atoms with Crippen LogP contribution in [-0.4, -0.2) is 22.5 Å². The maximum absolute atomic E-state index is 14.6. The molecule has 6 heteroatoms. The number of aliphatic hydroxyl groups is 1. The predicted octanol–water partition coefficient (Wildman–Crippen LogP) is 5.12. The van der Waals surface area contributed by atoms with Crippen molar-refractivity contribution >= 4 is 5.97 Å². The van der Waals surface area contributed by atoms with Crippen LogP contribution in [0.5, 0.6) is 0 Å². The van der Waals surface area contributed by atoms with E-state index in [9.17, 15) is 18.7 Å². The third-order valence-electron chi connectivity index (χ3n) is 5.69. The van der Waals surface area contributed by atoms with Gasteiger partial charge in [-0.25, -0.2) is 13.6 Å². The summed E-state index contributed by atoms with van der Waals surface area (Å²) in [5.74, 6) is 2.76. The average molecular weight is 433 g/mol. The Bertz CT molecular complexity index is 933. The van der Waals surface area contributed by atoms with E-state index < -0.39 is 34.4 Å². The van der Waals surface area contributed by atoms with Crippen molar-refractivity contribution in [3.63, 3.8) is 0 Å². The zero-order valence-electron chi connectivity index (χ0n) is 18.8. The third-order valence-corrected chi connectivity index (χ3v) is 5.69. The van der Waals surface area contributed by atoms with Gasteiger partial charge in [0.25, 0.3) is 0 Å². The molecule has 1 atom stereocenters. The van der Waals surface area contributed by atoms with Crippen molar-refractivity contribution in [3.05, 3.63) is 46.7 Å². The van der Waals surface area contributed by atoms with Crippen LogP contribution in [0.3, 0.4) is 0 Å². The number of cyclic esters (lactones) is 1. The van der Waals surface area contributed by atoms with Gasteiger partial charge in [0.05, 0.1) is 6.08 Å². The molecule has 0 spiro atoms. The Hall–Kier alpha value is -2.39. The highest BCUT2D eigenvalue weighted by Gasteiger charge is 2.41. The Balaban J connectivity index is 1.95. The van der Waals surface area contributed by atoms with E-state index in [2.05, 4.69) is 11.8 Å². The summed E-state index contributed by atoms with van der Waals surface area (Å²) in [5, 5.41) is 11.5. The number of halogens is 2. The normalized spacial score (nSPS) is 20.8. The lowest BCUT2D eigenvalue weighted by molar-refractivity contribution is -0.207. The first-order chi connectivity index (χ1) is 14.3. The molecule has 1 fully saturated rings. The molecule has 1 N–H and O–H groups in total. The van der Waals surface area contributed by atoms with E-state index in [-0.39, 0.29) is 29.2 Å². The Labute approximate surface area is 182 Å². The smallest absolute Gasteiger partial charge is 0.337 e. The van der Waals surface area contributed by atoms with Gasteiger partial charge in [0, 0.05) is 31.4 Å². The molecule has 2 aliphatic rings. The minimum absolute atomic E-state index is 0.00519. The van der Waals surface area contributed by atoms with Crippen molar-refractivity contribution in [1.82, 2.24) is 0 Å². The molecule has 0 saturated heterocycles. The van der Waals surface area contributed by atoms with Crippen molar-refractivity contribution in [2.75, 3.05) is 0 Å². The summed E-state index contributed by atoms with van der Waals surface area (Å²) in [7, 11) is 0. The maximum Gasteiger partial charge on any atom is 0.337 e. The Kier molecular flexibility index (Phi) is 6.21. The lowest BCUT2D eigenvalue weighted by atomic mass is 9.82. The van der Waals surface area contributed by atoms with Crippen LogP contribution in [0.1, 0.15) is 77.8 Å². The number of hydrogen-bond acceptors (Lipinski definition) is 4. The summed E-state index contributed by atoms with van der Waals surface area (Å²) in [5.41, 5.74) is -2.02. The minimum Gasteiger partial charge on any atom is -0.457 e. The molecule has 1 aromatic carbocycles. The number of rotatable bonds is 3. The highest BCUT2D eigenvalue weighted by atomic mass is 19.1. The van der Waals surface area contributed by atoms with Crippen LogP contribution in [0, 0.1) is 29.4 Å². The lowest BCUT2D eigenvalue weighted by Gasteiger charge is -2.35. The van der Waals surface area contributed by atoms with E-state index in [1.807, 2.05) is 0 Å². The maximum atomic E-state index is 14.6. The highest BCUT2D eigenvalue weighted by molar-refractivity contribution is 5.83. The highest BCUT2D eigenvalue weighted by Crippen LogP contribution is 2.39. The van der Waals surface area contributed by atoms with Crippen LogP contribution in [0.2, 0.25) is 0 Å². The number of ether oxygens (including phenoxy) is 2. The molecule has 4 nitrogen and oxygen atoms in total. The second kappa shape index (κ2) is 8.27. The van der Waals surface area contributed by atoms with Crippen LogP contribution in [0.4, 0.5) is 8.78 Å². The first kappa shape index (κ1) is 23.3. The minimum atomic E-state index is -1.49. The number of esters is 1. The molecule has 1 aliphatic heterocycles. The Morgan fingerprint density at radius 2 is 1.71 bits per heavy atom. The van der Waals surface area contributed by atoms with Gasteiger partial charge in [-0.3, -0.25) is 0 Å². The van der Waals surface area contributed by atoms with Gasteiger partial charge in [0.1, 0.15) is 23.0 Å². The van der Waals surface area contributed by atoms with Crippen LogP contribution >= 0.6 is 0 Å². The van der Waals surface area contributed by atoms with Gasteiger partial charge in [-0.2, -0.15) is 0 Å². The van der Waals surface area contributed by atoms with Gasteiger partial charge in [-0.05, 0) is 36.3 Å². The fourth-order valence-corrected chi connectivity index (χ4v) is 4.36. The monoisotopic (exact) mass is 432 g/mol. The molecule has 0 radical (unpaired) electrons. The quantitative estimate of drug-likeness (QED) is 0.532. The molecule has 3 rings (SSSR count). The summed E-state index contributed by atoms with van der Waals surface area (Å²) in [6.45, 7) is 8.44. The molecule has 31 heavy (non-hydrogen) atoms. The zero-order chi connectivity index (χ0) is 23.0. The number of carbonyl (C=O) groups excluding carboxylic acids is 1. The molecule has 168 valence electrons. The molecule has 1 unspecified atom stereocenters. The van der Waals surface area contributed by atoms with E-state index in [4.69, 9.17) is 9.47 Å². The standard InChI is InChI=1S/C25H30F2O4/c1-23(2,3)22-19(26)12-16(13-20(22)27)10-11-25(29,17-8-6-7-9-17)15-18-14-21(28)31-24(4,5)30-18/h12-14,17,29H,6-9,15H2,1-5H3. The number of hydrogen-bond donors (Lipinski definition) is 1. The summed E-state index contributed by atoms with van der Waals surface area (Å²) < 4.78 is 40.0. The summed E-state index contributed by atoms with van der Waals surface area (Å²) in [4.78, 5) is 11.9. The molecule has 0 bridgehead atoms. The second-order valence-electron chi connectivity index (χ2n) is 9.93. The van der Waals surface area contributed by atoms with E-state index >= 15 is 0 Å². The van der Waals surface area contributed by atoms with E-state index in [0.29, 0.717) is 0 Å². The topological polar surface area (TPSA) is 55.8 Å². The summed E-state index contributed by atoms with van der Waals surface area (Å²) >= 11 is 0. The molecule has 0 amide bonds. The average Bonchev–Trinajstić information content (AvgIpc) is 3.11. The fourth-order valence-electron chi connectivity index (χ4n) is 4.36. The molecular weight excluding hydrogens is 402 g/mol. The summed E-state index contributed by atoms with van der Waals surface area (Å²) in [6, 6.07) is 2.39. The summed E-state index contributed by atoms with van der Waals surface area (Å²) in [6.07, 6.45) is 4.69.